The molecular weight excluding hydrogens is 384 g/mol. The number of H-pyrrole nitrogens is 1. The van der Waals surface area contributed by atoms with Gasteiger partial charge in [0.05, 0.1) is 18.1 Å². The van der Waals surface area contributed by atoms with Gasteiger partial charge in [-0.05, 0) is 49.6 Å². The van der Waals surface area contributed by atoms with E-state index in [0.717, 1.165) is 5.56 Å². The Morgan fingerprint density at radius 2 is 2.04 bits per heavy atom. The number of halogens is 1. The van der Waals surface area contributed by atoms with Crippen LogP contribution in [0.1, 0.15) is 47.7 Å². The number of carbonyl (C=O) groups excluding carboxylic acids is 1. The Balaban J connectivity index is 2.95. The molecule has 28 heavy (non-hydrogen) atoms. The summed E-state index contributed by atoms with van der Waals surface area (Å²) < 4.78 is 5.12. The first-order valence-electron chi connectivity index (χ1n) is 8.99. The van der Waals surface area contributed by atoms with Crippen molar-refractivity contribution in [3.05, 3.63) is 56.5 Å². The molecule has 0 bridgehead atoms. The summed E-state index contributed by atoms with van der Waals surface area (Å²) >= 11 is 6.18. The average Bonchev–Trinajstić information content (AvgIpc) is 2.65. The molecule has 0 fully saturated rings. The van der Waals surface area contributed by atoms with E-state index in [1.54, 1.807) is 32.0 Å². The number of carboxylic acids is 1. The molecule has 2 rings (SSSR count). The molecule has 2 aromatic rings. The third kappa shape index (κ3) is 4.43. The zero-order valence-electron chi connectivity index (χ0n) is 15.8. The fourth-order valence-corrected chi connectivity index (χ4v) is 3.37. The maximum Gasteiger partial charge on any atom is 0.340 e. The molecule has 0 spiro atoms. The molecule has 0 aliphatic carbocycles. The van der Waals surface area contributed by atoms with Gasteiger partial charge in [-0.3, -0.25) is 9.59 Å². The van der Waals surface area contributed by atoms with Gasteiger partial charge in [-0.15, -0.1) is 0 Å². The minimum Gasteiger partial charge on any atom is -0.481 e. The van der Waals surface area contributed by atoms with Crippen LogP contribution in [0.15, 0.2) is 29.2 Å². The van der Waals surface area contributed by atoms with Crippen LogP contribution < -0.4 is 11.3 Å². The first kappa shape index (κ1) is 21.7. The summed E-state index contributed by atoms with van der Waals surface area (Å²) in [4.78, 5) is 39.6. The van der Waals surface area contributed by atoms with Crippen molar-refractivity contribution in [1.82, 2.24) is 4.98 Å². The number of carboxylic acid groups (broad SMARTS) is 1. The van der Waals surface area contributed by atoms with Crippen LogP contribution in [0.2, 0.25) is 5.02 Å². The Kier molecular flexibility index (Phi) is 7.37. The fourth-order valence-electron chi connectivity index (χ4n) is 3.20. The highest BCUT2D eigenvalue weighted by atomic mass is 35.5. The van der Waals surface area contributed by atoms with Crippen LogP contribution in [0.4, 0.5) is 0 Å². The molecule has 0 aliphatic heterocycles. The lowest BCUT2D eigenvalue weighted by molar-refractivity contribution is -0.138. The smallest absolute Gasteiger partial charge is 0.340 e. The third-order valence-corrected chi connectivity index (χ3v) is 4.67. The summed E-state index contributed by atoms with van der Waals surface area (Å²) in [6.45, 7) is 3.79. The van der Waals surface area contributed by atoms with Crippen LogP contribution in [0.5, 0.6) is 0 Å². The maximum atomic E-state index is 12.7. The number of esters is 1. The number of carbonyl (C=O) groups is 2. The summed E-state index contributed by atoms with van der Waals surface area (Å²) in [5.74, 6) is -2.91. The number of benzene rings is 1. The molecule has 0 aliphatic rings. The van der Waals surface area contributed by atoms with Crippen LogP contribution in [-0.4, -0.2) is 35.2 Å². The number of ether oxygens (including phenoxy) is 1. The van der Waals surface area contributed by atoms with Crippen molar-refractivity contribution in [3.63, 3.8) is 0 Å². The molecule has 4 N–H and O–H groups in total. The number of aliphatic carboxylic acids is 1. The van der Waals surface area contributed by atoms with E-state index >= 15 is 0 Å². The summed E-state index contributed by atoms with van der Waals surface area (Å²) in [5.41, 5.74) is 6.70. The van der Waals surface area contributed by atoms with Crippen molar-refractivity contribution in [2.75, 3.05) is 13.2 Å². The van der Waals surface area contributed by atoms with Gasteiger partial charge in [0.2, 0.25) is 0 Å². The quantitative estimate of drug-likeness (QED) is 0.579. The molecule has 0 saturated heterocycles. The number of aromatic nitrogens is 1. The summed E-state index contributed by atoms with van der Waals surface area (Å²) in [6.07, 6.45) is 1.89. The van der Waals surface area contributed by atoms with Crippen molar-refractivity contribution < 1.29 is 19.4 Å². The number of rotatable bonds is 8. The van der Waals surface area contributed by atoms with Crippen molar-refractivity contribution in [2.45, 2.75) is 32.6 Å². The number of pyridine rings is 1. The van der Waals surface area contributed by atoms with E-state index in [1.165, 1.54) is 6.20 Å². The minimum absolute atomic E-state index is 0.00101. The first-order chi connectivity index (χ1) is 13.3. The number of hydrogen-bond acceptors (Lipinski definition) is 5. The van der Waals surface area contributed by atoms with E-state index < -0.39 is 23.4 Å². The van der Waals surface area contributed by atoms with Gasteiger partial charge in [-0.25, -0.2) is 4.79 Å². The lowest BCUT2D eigenvalue weighted by Crippen LogP contribution is -2.25. The molecule has 1 unspecified atom stereocenters. The largest absolute Gasteiger partial charge is 0.481 e. The molecule has 1 aromatic heterocycles. The Hall–Kier alpha value is -2.64. The molecule has 1 atom stereocenters. The molecule has 0 amide bonds. The number of nitrogens with two attached hydrogens (primary N) is 1. The van der Waals surface area contributed by atoms with Gasteiger partial charge in [0.1, 0.15) is 0 Å². The van der Waals surface area contributed by atoms with Crippen molar-refractivity contribution in [2.24, 2.45) is 5.73 Å². The second kappa shape index (κ2) is 9.52. The van der Waals surface area contributed by atoms with Crippen molar-refractivity contribution >= 4 is 23.5 Å². The molecule has 1 aromatic carbocycles. The third-order valence-electron chi connectivity index (χ3n) is 4.44. The van der Waals surface area contributed by atoms with Crippen molar-refractivity contribution in [3.8, 4) is 11.1 Å². The highest BCUT2D eigenvalue weighted by Crippen LogP contribution is 2.36. The van der Waals surface area contributed by atoms with Crippen LogP contribution in [0.25, 0.3) is 11.1 Å². The summed E-state index contributed by atoms with van der Waals surface area (Å²) in [7, 11) is 0. The van der Waals surface area contributed by atoms with Gasteiger partial charge in [0, 0.05) is 22.3 Å². The normalized spacial score (nSPS) is 11.9. The van der Waals surface area contributed by atoms with Crippen LogP contribution >= 0.6 is 11.6 Å². The molecule has 150 valence electrons. The van der Waals surface area contributed by atoms with E-state index in [-0.39, 0.29) is 29.7 Å². The first-order valence-corrected chi connectivity index (χ1v) is 9.37. The second-order valence-electron chi connectivity index (χ2n) is 6.18. The minimum atomic E-state index is -1.15. The van der Waals surface area contributed by atoms with Gasteiger partial charge in [-0.1, -0.05) is 24.6 Å². The van der Waals surface area contributed by atoms with Crippen LogP contribution in [0.3, 0.4) is 0 Å². The predicted molar refractivity (Wildman–Crippen MR) is 107 cm³/mol. The van der Waals surface area contributed by atoms with Gasteiger partial charge < -0.3 is 20.6 Å². The fraction of sp³-hybridized carbons (Fsp3) is 0.350. The highest BCUT2D eigenvalue weighted by Gasteiger charge is 2.30. The molecule has 1 heterocycles. The Labute approximate surface area is 167 Å². The van der Waals surface area contributed by atoms with E-state index in [2.05, 4.69) is 4.98 Å². The van der Waals surface area contributed by atoms with E-state index in [1.807, 2.05) is 0 Å². The lowest BCUT2D eigenvalue weighted by atomic mass is 9.85. The van der Waals surface area contributed by atoms with E-state index in [0.29, 0.717) is 23.6 Å². The summed E-state index contributed by atoms with van der Waals surface area (Å²) in [5, 5.41) is 10.1. The number of hydrogen-bond donors (Lipinski definition) is 3. The van der Waals surface area contributed by atoms with Gasteiger partial charge >= 0.3 is 11.9 Å². The number of nitrogens with one attached hydrogen (secondary N) is 1. The Bertz CT molecular complexity index is 939. The number of aromatic amines is 1. The Morgan fingerprint density at radius 3 is 2.61 bits per heavy atom. The zero-order valence-corrected chi connectivity index (χ0v) is 16.5. The van der Waals surface area contributed by atoms with E-state index in [9.17, 15) is 19.5 Å². The Morgan fingerprint density at radius 1 is 1.32 bits per heavy atom. The lowest BCUT2D eigenvalue weighted by Gasteiger charge is -2.20. The van der Waals surface area contributed by atoms with Gasteiger partial charge in [0.25, 0.3) is 5.56 Å². The average molecular weight is 407 g/mol. The SMILES string of the molecule is CCOC(=O)c1c[nH]c(=O)c(C(CC)C(=O)O)c1-c1cc(Cl)ccc1CCN. The van der Waals surface area contributed by atoms with Gasteiger partial charge in [0.15, 0.2) is 0 Å². The van der Waals surface area contributed by atoms with Crippen LogP contribution in [-0.2, 0) is 16.0 Å². The highest BCUT2D eigenvalue weighted by molar-refractivity contribution is 6.31. The standard InChI is InChI=1S/C20H23ClN2O5/c1-3-13(19(25)26)17-16(14-9-12(21)6-5-11(14)7-8-22)15(10-23-18(17)24)20(27)28-4-2/h5-6,9-10,13H,3-4,7-8,22H2,1-2H3,(H,23,24)(H,25,26). The summed E-state index contributed by atoms with van der Waals surface area (Å²) in [6, 6.07) is 5.05. The molecule has 0 radical (unpaired) electrons. The zero-order chi connectivity index (χ0) is 20.8. The molecule has 7 nitrogen and oxygen atoms in total. The second-order valence-corrected chi connectivity index (χ2v) is 6.62. The van der Waals surface area contributed by atoms with Crippen LogP contribution in [0, 0.1) is 0 Å². The topological polar surface area (TPSA) is 122 Å². The molecule has 8 heteroatoms. The molecule has 0 saturated carbocycles. The monoisotopic (exact) mass is 406 g/mol. The molecular formula is C20H23ClN2O5. The maximum absolute atomic E-state index is 12.7. The van der Waals surface area contributed by atoms with Gasteiger partial charge in [-0.2, -0.15) is 0 Å². The van der Waals surface area contributed by atoms with E-state index in [4.69, 9.17) is 22.1 Å². The predicted octanol–water partition coefficient (Wildman–Crippen LogP) is 2.95. The van der Waals surface area contributed by atoms with Crippen molar-refractivity contribution in [1.29, 1.82) is 0 Å².